The third-order valence-corrected chi connectivity index (χ3v) is 4.90. The molecule has 12 nitrogen and oxygen atoms in total. The molecule has 1 amide bonds. The first-order valence-electron chi connectivity index (χ1n) is 13.4. The third-order valence-electron chi connectivity index (χ3n) is 4.90. The van der Waals surface area contributed by atoms with Gasteiger partial charge < -0.3 is 56.5 Å². The SMILES string of the molecule is O=C([O-])C(F)(F)F.O=C([O-])C(F)(F)F.O=C([O-])C(F)(F)F.[NH3+]CCC[NH2+]CCCC[NH2+]CCCNC(=O)CCc1ccc(O)cc1. The smallest absolute Gasteiger partial charge is 0.430 e. The highest BCUT2D eigenvalue weighted by Crippen LogP contribution is 2.13. The van der Waals surface area contributed by atoms with Crippen LogP contribution in [-0.4, -0.2) is 86.7 Å². The number of quaternary nitrogens is 3. The largest absolute Gasteiger partial charge is 0.542 e. The van der Waals surface area contributed by atoms with Crippen LogP contribution in [0.15, 0.2) is 24.3 Å². The van der Waals surface area contributed by atoms with E-state index in [0.717, 1.165) is 31.6 Å². The lowest BCUT2D eigenvalue weighted by molar-refractivity contribution is -0.665. The summed E-state index contributed by atoms with van der Waals surface area (Å²) in [5.74, 6) is -8.66. The number of carbonyl (C=O) groups excluding carboxylic acids is 4. The zero-order valence-corrected chi connectivity index (χ0v) is 24.4. The molecule has 0 unspecified atom stereocenters. The molecule has 0 fully saturated rings. The minimum Gasteiger partial charge on any atom is -0.542 e. The molecule has 1 aromatic carbocycles. The number of nitrogens with one attached hydrogen (secondary N) is 1. The summed E-state index contributed by atoms with van der Waals surface area (Å²) in [6, 6.07) is 7.03. The number of phenols is 1. The topological polar surface area (TPSA) is 231 Å². The Morgan fingerprint density at radius 1 is 0.674 bits per heavy atom. The van der Waals surface area contributed by atoms with Crippen molar-refractivity contribution >= 4 is 23.8 Å². The number of unbranched alkanes of at least 4 members (excludes halogenated alkanes) is 1. The van der Waals surface area contributed by atoms with Crippen LogP contribution in [0.3, 0.4) is 0 Å². The molecule has 1 aromatic rings. The van der Waals surface area contributed by atoms with Crippen LogP contribution in [0.4, 0.5) is 39.5 Å². The summed E-state index contributed by atoms with van der Waals surface area (Å²) in [6.45, 7) is 6.48. The van der Waals surface area contributed by atoms with Gasteiger partial charge in [0.25, 0.3) is 0 Å². The molecular formula is C25H37F9N4O8. The van der Waals surface area contributed by atoms with Gasteiger partial charge in [-0.3, -0.25) is 4.79 Å². The summed E-state index contributed by atoms with van der Waals surface area (Å²) in [5.41, 5.74) is 4.92. The van der Waals surface area contributed by atoms with E-state index in [1.165, 1.54) is 38.9 Å². The minimum absolute atomic E-state index is 0.103. The predicted molar refractivity (Wildman–Crippen MR) is 132 cm³/mol. The molecule has 0 heterocycles. The zero-order valence-electron chi connectivity index (χ0n) is 24.4. The molecule has 0 aromatic heterocycles. The van der Waals surface area contributed by atoms with Gasteiger partial charge in [-0.2, -0.15) is 39.5 Å². The number of nitrogens with two attached hydrogens (primary N) is 2. The molecule has 0 saturated carbocycles. The van der Waals surface area contributed by atoms with Crippen LogP contribution >= 0.6 is 0 Å². The van der Waals surface area contributed by atoms with Crippen LogP contribution in [0.5, 0.6) is 5.75 Å². The minimum atomic E-state index is -5.19. The first kappa shape index (κ1) is 46.6. The number of benzene rings is 1. The van der Waals surface area contributed by atoms with E-state index in [9.17, 15) is 49.4 Å². The lowest BCUT2D eigenvalue weighted by Gasteiger charge is -2.06. The van der Waals surface area contributed by atoms with Crippen molar-refractivity contribution in [3.63, 3.8) is 0 Å². The van der Waals surface area contributed by atoms with Gasteiger partial charge in [-0.15, -0.1) is 0 Å². The number of amides is 1. The van der Waals surface area contributed by atoms with Crippen molar-refractivity contribution in [3.8, 4) is 5.75 Å². The normalized spacial score (nSPS) is 11.0. The van der Waals surface area contributed by atoms with Crippen LogP contribution in [0.2, 0.25) is 0 Å². The standard InChI is InChI=1S/C19H34N4O2.3C2HF3O2/c20-11-3-14-21-12-1-2-13-22-15-4-16-23-19(25)10-7-17-5-8-18(24)9-6-17;3*3-2(4,5)1(6)7/h5-6,8-9,21-22,24H,1-4,7,10-16,20H2,(H,23,25);3*(H,6,7). The second-order valence-corrected chi connectivity index (χ2v) is 8.87. The summed E-state index contributed by atoms with van der Waals surface area (Å²) in [5, 5.41) is 43.3. The van der Waals surface area contributed by atoms with Crippen LogP contribution in [0.1, 0.15) is 37.7 Å². The van der Waals surface area contributed by atoms with Gasteiger partial charge in [-0.1, -0.05) is 12.1 Å². The van der Waals surface area contributed by atoms with E-state index in [-0.39, 0.29) is 11.7 Å². The Hall–Kier alpha value is -3.85. The number of aromatic hydroxyl groups is 1. The summed E-state index contributed by atoms with van der Waals surface area (Å²) in [6.07, 6.45) is -9.60. The summed E-state index contributed by atoms with van der Waals surface area (Å²) in [4.78, 5) is 38.1. The van der Waals surface area contributed by atoms with Crippen molar-refractivity contribution in [3.05, 3.63) is 29.8 Å². The van der Waals surface area contributed by atoms with E-state index in [2.05, 4.69) is 21.7 Å². The van der Waals surface area contributed by atoms with Gasteiger partial charge in [-0.25, -0.2) is 0 Å². The fraction of sp³-hybridized carbons (Fsp3) is 0.600. The number of hydrogen-bond acceptors (Lipinski definition) is 8. The first-order valence-corrected chi connectivity index (χ1v) is 13.4. The molecule has 0 spiro atoms. The van der Waals surface area contributed by atoms with Crippen LogP contribution < -0.4 is 37.0 Å². The monoisotopic (exact) mass is 692 g/mol. The number of aryl methyl sites for hydroxylation is 1. The fourth-order valence-corrected chi connectivity index (χ4v) is 2.64. The van der Waals surface area contributed by atoms with Crippen LogP contribution in [0.25, 0.3) is 0 Å². The average Bonchev–Trinajstić information content (AvgIpc) is 2.93. The maximum atomic E-state index is 11.8. The Morgan fingerprint density at radius 2 is 1.02 bits per heavy atom. The van der Waals surface area contributed by atoms with E-state index in [4.69, 9.17) is 29.7 Å². The summed E-state index contributed by atoms with van der Waals surface area (Å²) < 4.78 is 94.6. The Labute approximate surface area is 257 Å². The zero-order chi connectivity index (χ0) is 36.4. The summed E-state index contributed by atoms with van der Waals surface area (Å²) >= 11 is 0. The van der Waals surface area contributed by atoms with Gasteiger partial charge >= 0.3 is 18.5 Å². The van der Waals surface area contributed by atoms with Crippen molar-refractivity contribution in [1.29, 1.82) is 0 Å². The van der Waals surface area contributed by atoms with E-state index in [1.807, 2.05) is 12.1 Å². The number of alkyl halides is 9. The number of carbonyl (C=O) groups is 4. The lowest BCUT2D eigenvalue weighted by atomic mass is 10.1. The van der Waals surface area contributed by atoms with Crippen molar-refractivity contribution in [1.82, 2.24) is 5.32 Å². The van der Waals surface area contributed by atoms with Gasteiger partial charge in [-0.05, 0) is 24.1 Å². The van der Waals surface area contributed by atoms with Gasteiger partial charge in [0.15, 0.2) is 0 Å². The third kappa shape index (κ3) is 33.1. The highest BCUT2D eigenvalue weighted by molar-refractivity contribution is 5.76. The molecule has 0 radical (unpaired) electrons. The number of phenolic OH excluding ortho intramolecular Hbond substituents is 1. The van der Waals surface area contributed by atoms with Crippen molar-refractivity contribution < 1.29 is 95.5 Å². The second-order valence-electron chi connectivity index (χ2n) is 8.87. The molecule has 9 N–H and O–H groups in total. The Bertz CT molecular complexity index is 935. The highest BCUT2D eigenvalue weighted by Gasteiger charge is 2.30. The van der Waals surface area contributed by atoms with Crippen LogP contribution in [0, 0.1) is 0 Å². The molecule has 0 saturated heterocycles. The summed E-state index contributed by atoms with van der Waals surface area (Å²) in [7, 11) is 0. The van der Waals surface area contributed by atoms with Crippen molar-refractivity contribution in [2.45, 2.75) is 57.1 Å². The number of carboxylic acids is 3. The maximum absolute atomic E-state index is 11.8. The molecule has 0 atom stereocenters. The lowest BCUT2D eigenvalue weighted by Crippen LogP contribution is -2.86. The average molecular weight is 693 g/mol. The van der Waals surface area contributed by atoms with Crippen molar-refractivity contribution in [2.24, 2.45) is 0 Å². The predicted octanol–water partition coefficient (Wildman–Crippen LogP) is -3.73. The molecule has 1 rings (SSSR count). The highest BCUT2D eigenvalue weighted by atomic mass is 19.4. The van der Waals surface area contributed by atoms with Gasteiger partial charge in [0.2, 0.25) is 5.91 Å². The number of aliphatic carboxylic acids is 3. The number of carboxylic acid groups (broad SMARTS) is 3. The Balaban J connectivity index is -0.000000710. The molecule has 0 aliphatic carbocycles. The number of halogens is 9. The maximum Gasteiger partial charge on any atom is 0.430 e. The van der Waals surface area contributed by atoms with E-state index < -0.39 is 36.4 Å². The van der Waals surface area contributed by atoms with E-state index in [1.54, 1.807) is 12.1 Å². The quantitative estimate of drug-likeness (QED) is 0.0904. The fourth-order valence-electron chi connectivity index (χ4n) is 2.64. The van der Waals surface area contributed by atoms with E-state index in [0.29, 0.717) is 12.8 Å². The Kier molecular flexibility index (Phi) is 25.7. The molecule has 0 bridgehead atoms. The second kappa shape index (κ2) is 25.4. The van der Waals surface area contributed by atoms with Gasteiger partial charge in [0, 0.05) is 38.6 Å². The molecular weight excluding hydrogens is 655 g/mol. The number of rotatable bonds is 15. The Morgan fingerprint density at radius 3 is 1.37 bits per heavy atom. The first-order chi connectivity index (χ1) is 21.0. The van der Waals surface area contributed by atoms with Gasteiger partial charge in [0.05, 0.1) is 32.7 Å². The molecule has 46 heavy (non-hydrogen) atoms. The van der Waals surface area contributed by atoms with E-state index >= 15 is 0 Å². The molecule has 0 aliphatic rings. The molecule has 21 heteroatoms. The van der Waals surface area contributed by atoms with Gasteiger partial charge in [0.1, 0.15) is 23.7 Å². The molecule has 0 aliphatic heterocycles. The van der Waals surface area contributed by atoms with Crippen molar-refractivity contribution in [2.75, 3.05) is 39.3 Å². The van der Waals surface area contributed by atoms with Crippen LogP contribution in [-0.2, 0) is 25.6 Å². The molecule has 268 valence electrons. The number of hydrogen-bond donors (Lipinski definition) is 5.